The van der Waals surface area contributed by atoms with E-state index in [9.17, 15) is 4.79 Å². The second-order valence-electron chi connectivity index (χ2n) is 7.72. The molecule has 0 fully saturated rings. The summed E-state index contributed by atoms with van der Waals surface area (Å²) in [5.41, 5.74) is 3.98. The number of hydrogen-bond acceptors (Lipinski definition) is 3. The Morgan fingerprint density at radius 1 is 1.10 bits per heavy atom. The summed E-state index contributed by atoms with van der Waals surface area (Å²) in [7, 11) is 3.50. The van der Waals surface area contributed by atoms with Crippen LogP contribution < -0.4 is 15.4 Å². The molecule has 6 nitrogen and oxygen atoms in total. The molecule has 0 saturated heterocycles. The van der Waals surface area contributed by atoms with Gasteiger partial charge in [-0.2, -0.15) is 0 Å². The van der Waals surface area contributed by atoms with Gasteiger partial charge in [0.2, 0.25) is 0 Å². The molecule has 0 aliphatic carbocycles. The van der Waals surface area contributed by atoms with Crippen molar-refractivity contribution in [2.45, 2.75) is 46.9 Å². The van der Waals surface area contributed by atoms with Crippen molar-refractivity contribution in [1.82, 2.24) is 15.5 Å². The lowest BCUT2D eigenvalue weighted by Gasteiger charge is -2.17. The van der Waals surface area contributed by atoms with Gasteiger partial charge in [0.15, 0.2) is 5.96 Å². The SMILES string of the molecule is CCNC(=NCc1ccc(C(=O)N(C)C)cc1)NCc1ccc(C)cc1OC(C)C.I. The van der Waals surface area contributed by atoms with E-state index in [1.807, 2.05) is 45.0 Å². The third-order valence-electron chi connectivity index (χ3n) is 4.40. The van der Waals surface area contributed by atoms with E-state index in [-0.39, 0.29) is 36.0 Å². The van der Waals surface area contributed by atoms with E-state index in [0.717, 1.165) is 29.4 Å². The summed E-state index contributed by atoms with van der Waals surface area (Å²) >= 11 is 0. The molecule has 0 bridgehead atoms. The average molecular weight is 538 g/mol. The first-order valence-electron chi connectivity index (χ1n) is 10.4. The zero-order chi connectivity index (χ0) is 22.1. The van der Waals surface area contributed by atoms with Gasteiger partial charge in [0, 0.05) is 38.3 Å². The molecule has 1 amide bonds. The molecular formula is C24H35IN4O2. The molecule has 0 heterocycles. The number of ether oxygens (including phenoxy) is 1. The number of benzene rings is 2. The summed E-state index contributed by atoms with van der Waals surface area (Å²) in [5, 5.41) is 6.66. The molecule has 0 spiro atoms. The van der Waals surface area contributed by atoms with Gasteiger partial charge < -0.3 is 20.3 Å². The Balaban J connectivity index is 0.00000480. The Morgan fingerprint density at radius 3 is 2.35 bits per heavy atom. The highest BCUT2D eigenvalue weighted by molar-refractivity contribution is 14.0. The van der Waals surface area contributed by atoms with E-state index < -0.39 is 0 Å². The van der Waals surface area contributed by atoms with Gasteiger partial charge in [-0.3, -0.25) is 4.79 Å². The molecule has 2 N–H and O–H groups in total. The smallest absolute Gasteiger partial charge is 0.253 e. The minimum Gasteiger partial charge on any atom is -0.491 e. The Hall–Kier alpha value is -2.29. The van der Waals surface area contributed by atoms with Gasteiger partial charge in [0.1, 0.15) is 5.75 Å². The molecule has 31 heavy (non-hydrogen) atoms. The highest BCUT2D eigenvalue weighted by Crippen LogP contribution is 2.21. The van der Waals surface area contributed by atoms with E-state index in [2.05, 4.69) is 40.7 Å². The molecule has 0 radical (unpaired) electrons. The number of carbonyl (C=O) groups excluding carboxylic acids is 1. The van der Waals surface area contributed by atoms with Gasteiger partial charge in [-0.1, -0.05) is 24.3 Å². The highest BCUT2D eigenvalue weighted by atomic mass is 127. The molecule has 0 atom stereocenters. The van der Waals surface area contributed by atoms with E-state index >= 15 is 0 Å². The highest BCUT2D eigenvalue weighted by Gasteiger charge is 2.09. The van der Waals surface area contributed by atoms with E-state index in [1.165, 1.54) is 5.56 Å². The topological polar surface area (TPSA) is 66.0 Å². The Kier molecular flexibility index (Phi) is 11.4. The fourth-order valence-corrected chi connectivity index (χ4v) is 2.87. The molecule has 0 saturated carbocycles. The predicted octanol–water partition coefficient (Wildman–Crippen LogP) is 4.36. The Labute approximate surface area is 203 Å². The normalized spacial score (nSPS) is 11.0. The van der Waals surface area contributed by atoms with E-state index in [1.54, 1.807) is 19.0 Å². The van der Waals surface area contributed by atoms with Crippen molar-refractivity contribution in [1.29, 1.82) is 0 Å². The second-order valence-corrected chi connectivity index (χ2v) is 7.72. The number of aryl methyl sites for hydroxylation is 1. The number of halogens is 1. The summed E-state index contributed by atoms with van der Waals surface area (Å²) in [6.07, 6.45) is 0.120. The molecule has 0 aliphatic heterocycles. The Morgan fingerprint density at radius 2 is 1.77 bits per heavy atom. The fraction of sp³-hybridized carbons (Fsp3) is 0.417. The maximum Gasteiger partial charge on any atom is 0.253 e. The van der Waals surface area contributed by atoms with Gasteiger partial charge >= 0.3 is 0 Å². The van der Waals surface area contributed by atoms with Gasteiger partial charge in [-0.15, -0.1) is 24.0 Å². The minimum absolute atomic E-state index is 0. The summed E-state index contributed by atoms with van der Waals surface area (Å²) in [5.74, 6) is 1.63. The number of rotatable bonds is 8. The second kappa shape index (κ2) is 13.2. The maximum absolute atomic E-state index is 12.0. The third kappa shape index (κ3) is 8.77. The summed E-state index contributed by atoms with van der Waals surface area (Å²) in [4.78, 5) is 18.3. The van der Waals surface area contributed by atoms with Crippen molar-refractivity contribution in [3.63, 3.8) is 0 Å². The maximum atomic E-state index is 12.0. The van der Waals surface area contributed by atoms with Crippen molar-refractivity contribution in [2.75, 3.05) is 20.6 Å². The lowest BCUT2D eigenvalue weighted by Crippen LogP contribution is -2.36. The van der Waals surface area contributed by atoms with Gasteiger partial charge in [-0.25, -0.2) is 4.99 Å². The molecule has 2 aromatic rings. The van der Waals surface area contributed by atoms with Crippen LogP contribution in [0.15, 0.2) is 47.5 Å². The first-order chi connectivity index (χ1) is 14.3. The van der Waals surface area contributed by atoms with Crippen molar-refractivity contribution in [2.24, 2.45) is 4.99 Å². The van der Waals surface area contributed by atoms with Crippen LogP contribution in [0.3, 0.4) is 0 Å². The van der Waals surface area contributed by atoms with Crippen LogP contribution in [-0.2, 0) is 13.1 Å². The molecule has 0 aromatic heterocycles. The van der Waals surface area contributed by atoms with Gasteiger partial charge in [-0.05, 0) is 57.0 Å². The van der Waals surface area contributed by atoms with Crippen molar-refractivity contribution < 1.29 is 9.53 Å². The molecule has 2 aromatic carbocycles. The fourth-order valence-electron chi connectivity index (χ4n) is 2.87. The molecule has 170 valence electrons. The van der Waals surface area contributed by atoms with Crippen LogP contribution in [0.4, 0.5) is 0 Å². The molecule has 0 aliphatic rings. The number of guanidine groups is 1. The lowest BCUT2D eigenvalue weighted by molar-refractivity contribution is 0.0827. The lowest BCUT2D eigenvalue weighted by atomic mass is 10.1. The van der Waals surface area contributed by atoms with E-state index in [0.29, 0.717) is 18.7 Å². The van der Waals surface area contributed by atoms with Gasteiger partial charge in [0.25, 0.3) is 5.91 Å². The number of carbonyl (C=O) groups is 1. The largest absolute Gasteiger partial charge is 0.491 e. The predicted molar refractivity (Wildman–Crippen MR) is 138 cm³/mol. The third-order valence-corrected chi connectivity index (χ3v) is 4.40. The van der Waals surface area contributed by atoms with Crippen LogP contribution in [0, 0.1) is 6.92 Å². The number of aliphatic imine (C=N–C) groups is 1. The monoisotopic (exact) mass is 538 g/mol. The van der Waals surface area contributed by atoms with Crippen molar-refractivity contribution in [3.8, 4) is 5.75 Å². The average Bonchev–Trinajstić information content (AvgIpc) is 2.70. The van der Waals surface area contributed by atoms with Crippen molar-refractivity contribution >= 4 is 35.8 Å². The Bertz CT molecular complexity index is 864. The first-order valence-corrected chi connectivity index (χ1v) is 10.4. The van der Waals surface area contributed by atoms with Crippen LogP contribution in [0.5, 0.6) is 5.75 Å². The quantitative estimate of drug-likeness (QED) is 0.298. The van der Waals surface area contributed by atoms with Crippen LogP contribution >= 0.6 is 24.0 Å². The zero-order valence-corrected chi connectivity index (χ0v) is 21.7. The molecule has 7 heteroatoms. The number of hydrogen-bond donors (Lipinski definition) is 2. The molecule has 0 unspecified atom stereocenters. The summed E-state index contributed by atoms with van der Waals surface area (Å²) < 4.78 is 5.96. The van der Waals surface area contributed by atoms with Crippen LogP contribution in [0.2, 0.25) is 0 Å². The van der Waals surface area contributed by atoms with Crippen LogP contribution in [0.1, 0.15) is 47.8 Å². The number of nitrogens with zero attached hydrogens (tertiary/aromatic N) is 2. The van der Waals surface area contributed by atoms with E-state index in [4.69, 9.17) is 4.74 Å². The standard InChI is InChI=1S/C24H34N4O2.HI/c1-7-25-24(26-15-19-9-12-20(13-10-19)23(29)28(5)6)27-16-21-11-8-18(4)14-22(21)30-17(2)3;/h8-14,17H,7,15-16H2,1-6H3,(H2,25,26,27);1H. The van der Waals surface area contributed by atoms with Crippen LogP contribution in [-0.4, -0.2) is 43.5 Å². The molecule has 2 rings (SSSR count). The summed E-state index contributed by atoms with van der Waals surface area (Å²) in [6, 6.07) is 13.8. The molecular weight excluding hydrogens is 503 g/mol. The first kappa shape index (κ1) is 26.7. The number of amides is 1. The summed E-state index contributed by atoms with van der Waals surface area (Å²) in [6.45, 7) is 10.1. The zero-order valence-electron chi connectivity index (χ0n) is 19.4. The van der Waals surface area contributed by atoms with Gasteiger partial charge in [0.05, 0.1) is 12.6 Å². The minimum atomic E-state index is -0.00225. The number of nitrogens with one attached hydrogen (secondary N) is 2. The van der Waals surface area contributed by atoms with Crippen LogP contribution in [0.25, 0.3) is 0 Å². The van der Waals surface area contributed by atoms with Crippen molar-refractivity contribution in [3.05, 3.63) is 64.7 Å².